The van der Waals surface area contributed by atoms with Crippen LogP contribution in [0.25, 0.3) is 94.1 Å². The van der Waals surface area contributed by atoms with E-state index in [9.17, 15) is 0 Å². The van der Waals surface area contributed by atoms with Crippen LogP contribution in [0.2, 0.25) is 0 Å². The molecule has 0 bridgehead atoms. The van der Waals surface area contributed by atoms with Gasteiger partial charge in [0.05, 0.1) is 16.7 Å². The monoisotopic (exact) mass is 577 g/mol. The van der Waals surface area contributed by atoms with Gasteiger partial charge in [0.15, 0.2) is 17.0 Å². The molecule has 0 spiro atoms. The molecule has 10 aromatic rings. The van der Waals surface area contributed by atoms with E-state index in [1.165, 1.54) is 0 Å². The summed E-state index contributed by atoms with van der Waals surface area (Å²) in [5, 5.41) is 5.45. The van der Waals surface area contributed by atoms with Gasteiger partial charge in [-0.2, -0.15) is 0 Å². The standard InChI is InChI=1S/C40H23N3O2/c1-2-12-24(13-3-1)35-39-36(30-17-7-11-21-34(30)45-39)42-40(41-35)29-16-5-9-19-32(29)43-31-18-8-4-14-25(31)27-22-23-28-26-15-6-10-20-33(26)44-38(28)37(27)43/h1-23H. The summed E-state index contributed by atoms with van der Waals surface area (Å²) < 4.78 is 15.3. The third-order valence-electron chi connectivity index (χ3n) is 8.83. The highest BCUT2D eigenvalue weighted by Gasteiger charge is 2.23. The molecule has 0 amide bonds. The molecule has 6 aromatic carbocycles. The third-order valence-corrected chi connectivity index (χ3v) is 8.83. The van der Waals surface area contributed by atoms with Crippen LogP contribution in [0.4, 0.5) is 0 Å². The van der Waals surface area contributed by atoms with E-state index in [-0.39, 0.29) is 0 Å². The number of hydrogen-bond donors (Lipinski definition) is 0. The number of para-hydroxylation sites is 4. The van der Waals surface area contributed by atoms with Crippen molar-refractivity contribution in [3.8, 4) is 28.3 Å². The zero-order valence-corrected chi connectivity index (χ0v) is 23.9. The van der Waals surface area contributed by atoms with Gasteiger partial charge in [0.2, 0.25) is 0 Å². The normalized spacial score (nSPS) is 12.0. The Hall–Kier alpha value is -6.20. The molecule has 0 aliphatic rings. The highest BCUT2D eigenvalue weighted by Crippen LogP contribution is 2.42. The molecule has 0 fully saturated rings. The molecule has 0 atom stereocenters. The topological polar surface area (TPSA) is 57.0 Å². The Bertz CT molecular complexity index is 2770. The molecular weight excluding hydrogens is 554 g/mol. The predicted octanol–water partition coefficient (Wildman–Crippen LogP) is 10.7. The van der Waals surface area contributed by atoms with Crippen molar-refractivity contribution < 1.29 is 8.83 Å². The number of nitrogens with zero attached hydrogens (tertiary/aromatic N) is 3. The van der Waals surface area contributed by atoms with Gasteiger partial charge < -0.3 is 13.4 Å². The minimum atomic E-state index is 0.631. The van der Waals surface area contributed by atoms with Crippen molar-refractivity contribution >= 4 is 65.8 Å². The lowest BCUT2D eigenvalue weighted by molar-refractivity contribution is 0.667. The van der Waals surface area contributed by atoms with Crippen molar-refractivity contribution in [1.82, 2.24) is 14.5 Å². The molecule has 4 aromatic heterocycles. The van der Waals surface area contributed by atoms with Crippen molar-refractivity contribution in [3.63, 3.8) is 0 Å². The summed E-state index contributed by atoms with van der Waals surface area (Å²) in [6.45, 7) is 0. The fraction of sp³-hybridized carbons (Fsp3) is 0. The van der Waals surface area contributed by atoms with Crippen LogP contribution in [0.5, 0.6) is 0 Å². The summed E-state index contributed by atoms with van der Waals surface area (Å²) in [6, 6.07) is 47.8. The van der Waals surface area contributed by atoms with E-state index in [1.54, 1.807) is 0 Å². The van der Waals surface area contributed by atoms with Crippen LogP contribution in [0, 0.1) is 0 Å². The molecule has 0 N–H and O–H groups in total. The highest BCUT2D eigenvalue weighted by molar-refractivity contribution is 6.21. The van der Waals surface area contributed by atoms with Crippen LogP contribution in [0.15, 0.2) is 148 Å². The molecule has 4 heterocycles. The fourth-order valence-corrected chi connectivity index (χ4v) is 6.84. The molecule has 0 saturated carbocycles. The van der Waals surface area contributed by atoms with Crippen LogP contribution in [0.1, 0.15) is 0 Å². The van der Waals surface area contributed by atoms with E-state index in [0.29, 0.717) is 11.4 Å². The molecule has 0 aliphatic carbocycles. The lowest BCUT2D eigenvalue weighted by Crippen LogP contribution is -2.01. The Labute approximate surface area is 256 Å². The summed E-state index contributed by atoms with van der Waals surface area (Å²) in [5.41, 5.74) is 9.75. The molecule has 0 aliphatic heterocycles. The van der Waals surface area contributed by atoms with Crippen LogP contribution in [-0.2, 0) is 0 Å². The molecule has 5 heteroatoms. The maximum Gasteiger partial charge on any atom is 0.180 e. The SMILES string of the molecule is c1ccc(-c2nc(-c3ccccc3-n3c4ccccc4c4ccc5c6ccccc6oc5c43)nc3c2oc2ccccc23)cc1. The lowest BCUT2D eigenvalue weighted by Gasteiger charge is -2.14. The Balaban J connectivity index is 1.33. The van der Waals surface area contributed by atoms with Crippen LogP contribution in [-0.4, -0.2) is 14.5 Å². The molecule has 45 heavy (non-hydrogen) atoms. The van der Waals surface area contributed by atoms with Gasteiger partial charge in [0.1, 0.15) is 22.4 Å². The summed E-state index contributed by atoms with van der Waals surface area (Å²) >= 11 is 0. The molecular formula is C40H23N3O2. The van der Waals surface area contributed by atoms with Gasteiger partial charge >= 0.3 is 0 Å². The van der Waals surface area contributed by atoms with Gasteiger partial charge in [-0.25, -0.2) is 9.97 Å². The Morgan fingerprint density at radius 2 is 1.11 bits per heavy atom. The Kier molecular flexibility index (Phi) is 4.93. The van der Waals surface area contributed by atoms with E-state index in [4.69, 9.17) is 18.8 Å². The number of hydrogen-bond acceptors (Lipinski definition) is 4. The van der Waals surface area contributed by atoms with Crippen molar-refractivity contribution in [2.45, 2.75) is 0 Å². The zero-order chi connectivity index (χ0) is 29.5. The van der Waals surface area contributed by atoms with Gasteiger partial charge in [-0.1, -0.05) is 97.1 Å². The van der Waals surface area contributed by atoms with Crippen molar-refractivity contribution in [2.24, 2.45) is 0 Å². The summed E-state index contributed by atoms with van der Waals surface area (Å²) in [7, 11) is 0. The molecule has 10 rings (SSSR count). The molecule has 5 nitrogen and oxygen atoms in total. The van der Waals surface area contributed by atoms with Crippen molar-refractivity contribution in [2.75, 3.05) is 0 Å². The van der Waals surface area contributed by atoms with Gasteiger partial charge in [-0.3, -0.25) is 0 Å². The summed E-state index contributed by atoms with van der Waals surface area (Å²) in [6.07, 6.45) is 0. The molecule has 210 valence electrons. The van der Waals surface area contributed by atoms with E-state index in [1.807, 2.05) is 54.6 Å². The van der Waals surface area contributed by atoms with Gasteiger partial charge in [-0.15, -0.1) is 0 Å². The van der Waals surface area contributed by atoms with E-state index >= 15 is 0 Å². The quantitative estimate of drug-likeness (QED) is 0.210. The maximum atomic E-state index is 6.61. The first-order valence-electron chi connectivity index (χ1n) is 15.0. The second-order valence-electron chi connectivity index (χ2n) is 11.3. The van der Waals surface area contributed by atoms with Gasteiger partial charge in [0.25, 0.3) is 0 Å². The number of rotatable bonds is 3. The van der Waals surface area contributed by atoms with E-state index < -0.39 is 0 Å². The minimum absolute atomic E-state index is 0.631. The van der Waals surface area contributed by atoms with Crippen LogP contribution in [0.3, 0.4) is 0 Å². The van der Waals surface area contributed by atoms with Gasteiger partial charge in [-0.05, 0) is 42.5 Å². The summed E-state index contributed by atoms with van der Waals surface area (Å²) in [5.74, 6) is 0.631. The van der Waals surface area contributed by atoms with Crippen LogP contribution >= 0.6 is 0 Å². The first-order valence-corrected chi connectivity index (χ1v) is 15.0. The fourth-order valence-electron chi connectivity index (χ4n) is 6.84. The van der Waals surface area contributed by atoms with E-state index in [0.717, 1.165) is 82.7 Å². The first-order chi connectivity index (χ1) is 22.3. The second kappa shape index (κ2) is 9.15. The lowest BCUT2D eigenvalue weighted by atomic mass is 10.1. The highest BCUT2D eigenvalue weighted by atomic mass is 16.3. The van der Waals surface area contributed by atoms with Crippen molar-refractivity contribution in [1.29, 1.82) is 0 Å². The number of benzene rings is 6. The summed E-state index contributed by atoms with van der Waals surface area (Å²) in [4.78, 5) is 10.4. The Morgan fingerprint density at radius 1 is 0.467 bits per heavy atom. The number of furan rings is 2. The molecule has 0 saturated heterocycles. The van der Waals surface area contributed by atoms with Gasteiger partial charge in [0, 0.05) is 38.1 Å². The largest absolute Gasteiger partial charge is 0.454 e. The average molecular weight is 578 g/mol. The minimum Gasteiger partial charge on any atom is -0.454 e. The second-order valence-corrected chi connectivity index (χ2v) is 11.3. The van der Waals surface area contributed by atoms with Crippen LogP contribution < -0.4 is 0 Å². The first kappa shape index (κ1) is 24.3. The number of aromatic nitrogens is 3. The molecule has 0 unspecified atom stereocenters. The van der Waals surface area contributed by atoms with Crippen molar-refractivity contribution in [3.05, 3.63) is 140 Å². The predicted molar refractivity (Wildman–Crippen MR) is 182 cm³/mol. The average Bonchev–Trinajstić information content (AvgIpc) is 3.78. The molecule has 0 radical (unpaired) electrons. The number of fused-ring (bicyclic) bond motifs is 10. The Morgan fingerprint density at radius 3 is 1.98 bits per heavy atom. The smallest absolute Gasteiger partial charge is 0.180 e. The maximum absolute atomic E-state index is 6.61. The zero-order valence-electron chi connectivity index (χ0n) is 23.9. The van der Waals surface area contributed by atoms with E-state index in [2.05, 4.69) is 89.5 Å². The third kappa shape index (κ3) is 3.43.